The van der Waals surface area contributed by atoms with E-state index >= 15 is 0 Å². The van der Waals surface area contributed by atoms with Crippen LogP contribution >= 0.6 is 0 Å². The lowest BCUT2D eigenvalue weighted by molar-refractivity contribution is 0.735. The number of hydrogen-bond acceptors (Lipinski definition) is 1. The van der Waals surface area contributed by atoms with E-state index in [9.17, 15) is 0 Å². The first-order valence-corrected chi connectivity index (χ1v) is 7.93. The zero-order chi connectivity index (χ0) is 13.2. The van der Waals surface area contributed by atoms with Crippen molar-refractivity contribution in [1.29, 1.82) is 0 Å². The van der Waals surface area contributed by atoms with Gasteiger partial charge >= 0.3 is 0 Å². The molecule has 1 nitrogen and oxygen atoms in total. The molecule has 0 aliphatic carbocycles. The molecular weight excluding hydrogens is 230 g/mol. The van der Waals surface area contributed by atoms with Crippen LogP contribution in [0.1, 0.15) is 76.0 Å². The maximum absolute atomic E-state index is 2.36. The molecular formula is C18H33N. The predicted octanol–water partition coefficient (Wildman–Crippen LogP) is 5.88. The van der Waals surface area contributed by atoms with Crippen LogP contribution in [0.25, 0.3) is 0 Å². The van der Waals surface area contributed by atoms with Gasteiger partial charge < -0.3 is 6.15 Å². The van der Waals surface area contributed by atoms with E-state index in [-0.39, 0.29) is 6.15 Å². The van der Waals surface area contributed by atoms with Gasteiger partial charge in [0.25, 0.3) is 0 Å². The molecule has 1 aromatic carbocycles. The molecule has 0 aliphatic rings. The van der Waals surface area contributed by atoms with Gasteiger partial charge in [-0.15, -0.1) is 0 Å². The van der Waals surface area contributed by atoms with Gasteiger partial charge in [-0.05, 0) is 55.2 Å². The van der Waals surface area contributed by atoms with Gasteiger partial charge in [0.15, 0.2) is 0 Å². The Kier molecular flexibility index (Phi) is 10.6. The number of rotatable bonds is 9. The van der Waals surface area contributed by atoms with Crippen LogP contribution in [-0.4, -0.2) is 0 Å². The maximum atomic E-state index is 2.36. The summed E-state index contributed by atoms with van der Waals surface area (Å²) >= 11 is 0. The lowest BCUT2D eigenvalue weighted by Gasteiger charge is -2.14. The third-order valence-electron chi connectivity index (χ3n) is 3.75. The fourth-order valence-electron chi connectivity index (χ4n) is 2.57. The van der Waals surface area contributed by atoms with Crippen molar-refractivity contribution < 1.29 is 0 Å². The Morgan fingerprint density at radius 1 is 0.684 bits per heavy atom. The van der Waals surface area contributed by atoms with E-state index in [1.54, 1.807) is 16.7 Å². The second-order valence-corrected chi connectivity index (χ2v) is 5.37. The van der Waals surface area contributed by atoms with Crippen molar-refractivity contribution in [2.45, 2.75) is 78.6 Å². The second kappa shape index (κ2) is 11.0. The van der Waals surface area contributed by atoms with Crippen LogP contribution in [-0.2, 0) is 19.3 Å². The highest BCUT2D eigenvalue weighted by Gasteiger charge is 2.07. The molecule has 0 aromatic heterocycles. The molecule has 3 N–H and O–H groups in total. The van der Waals surface area contributed by atoms with Gasteiger partial charge in [0.2, 0.25) is 0 Å². The van der Waals surface area contributed by atoms with Crippen LogP contribution in [0.15, 0.2) is 18.2 Å². The molecule has 0 bridgehead atoms. The smallest absolute Gasteiger partial charge is 0.0274 e. The Hall–Kier alpha value is -0.820. The molecule has 0 heterocycles. The summed E-state index contributed by atoms with van der Waals surface area (Å²) in [7, 11) is 0. The summed E-state index contributed by atoms with van der Waals surface area (Å²) in [6.07, 6.45) is 11.7. The number of aryl methyl sites for hydroxylation is 2. The van der Waals surface area contributed by atoms with E-state index in [1.807, 2.05) is 0 Å². The van der Waals surface area contributed by atoms with E-state index in [1.165, 1.54) is 57.8 Å². The number of hydrogen-bond donors (Lipinski definition) is 1. The van der Waals surface area contributed by atoms with Crippen molar-refractivity contribution in [1.82, 2.24) is 6.15 Å². The van der Waals surface area contributed by atoms with Crippen LogP contribution in [0.5, 0.6) is 0 Å². The highest BCUT2D eigenvalue weighted by atomic mass is 14.1. The predicted molar refractivity (Wildman–Crippen MR) is 87.3 cm³/mol. The van der Waals surface area contributed by atoms with Gasteiger partial charge in [-0.3, -0.25) is 0 Å². The van der Waals surface area contributed by atoms with Crippen molar-refractivity contribution in [2.75, 3.05) is 0 Å². The van der Waals surface area contributed by atoms with Gasteiger partial charge in [-0.2, -0.15) is 0 Å². The van der Waals surface area contributed by atoms with Crippen LogP contribution in [0.4, 0.5) is 0 Å². The zero-order valence-electron chi connectivity index (χ0n) is 13.3. The summed E-state index contributed by atoms with van der Waals surface area (Å²) in [6.45, 7) is 6.86. The van der Waals surface area contributed by atoms with Crippen molar-refractivity contribution in [3.8, 4) is 0 Å². The molecule has 0 spiro atoms. The minimum Gasteiger partial charge on any atom is -0.344 e. The summed E-state index contributed by atoms with van der Waals surface area (Å²) in [4.78, 5) is 0. The minimum atomic E-state index is 0. The first kappa shape index (κ1) is 18.2. The molecule has 0 aliphatic heterocycles. The Bertz CT molecular complexity index is 304. The molecule has 0 atom stereocenters. The average molecular weight is 263 g/mol. The Labute approximate surface area is 120 Å². The topological polar surface area (TPSA) is 35.0 Å². The summed E-state index contributed by atoms with van der Waals surface area (Å²) in [5.41, 5.74) is 4.93. The monoisotopic (exact) mass is 263 g/mol. The fraction of sp³-hybridized carbons (Fsp3) is 0.667. The molecule has 0 saturated carbocycles. The second-order valence-electron chi connectivity index (χ2n) is 5.37. The first-order chi connectivity index (χ1) is 8.83. The SMILES string of the molecule is CCCCc1cccc(CCCC)c1CCCC.N. The molecule has 0 unspecified atom stereocenters. The first-order valence-electron chi connectivity index (χ1n) is 7.93. The van der Waals surface area contributed by atoms with E-state index in [4.69, 9.17) is 0 Å². The highest BCUT2D eigenvalue weighted by Crippen LogP contribution is 2.21. The number of benzene rings is 1. The van der Waals surface area contributed by atoms with E-state index in [2.05, 4.69) is 39.0 Å². The standard InChI is InChI=1S/C18H30.H3N/c1-4-7-11-16-13-10-14-17(12-8-5-2)18(16)15-9-6-3;/h10,13-14H,4-9,11-12,15H2,1-3H3;1H3. The summed E-state index contributed by atoms with van der Waals surface area (Å²) < 4.78 is 0. The molecule has 0 saturated heterocycles. The Balaban J connectivity index is 0.00000324. The molecule has 1 rings (SSSR count). The minimum absolute atomic E-state index is 0. The van der Waals surface area contributed by atoms with Gasteiger partial charge in [-0.1, -0.05) is 58.2 Å². The quantitative estimate of drug-likeness (QED) is 0.593. The van der Waals surface area contributed by atoms with Gasteiger partial charge in [0.1, 0.15) is 0 Å². The summed E-state index contributed by atoms with van der Waals surface area (Å²) in [5.74, 6) is 0. The molecule has 0 amide bonds. The lowest BCUT2D eigenvalue weighted by Crippen LogP contribution is -2.01. The van der Waals surface area contributed by atoms with E-state index in [0.29, 0.717) is 0 Å². The van der Waals surface area contributed by atoms with Crippen molar-refractivity contribution in [2.24, 2.45) is 0 Å². The molecule has 0 radical (unpaired) electrons. The fourth-order valence-corrected chi connectivity index (χ4v) is 2.57. The Morgan fingerprint density at radius 3 is 1.53 bits per heavy atom. The Morgan fingerprint density at radius 2 is 1.11 bits per heavy atom. The van der Waals surface area contributed by atoms with Crippen LogP contribution in [0.2, 0.25) is 0 Å². The van der Waals surface area contributed by atoms with Gasteiger partial charge in [0.05, 0.1) is 0 Å². The molecule has 0 fully saturated rings. The molecule has 1 heteroatoms. The van der Waals surface area contributed by atoms with Crippen molar-refractivity contribution >= 4 is 0 Å². The molecule has 1 aromatic rings. The van der Waals surface area contributed by atoms with Crippen molar-refractivity contribution in [3.05, 3.63) is 34.9 Å². The van der Waals surface area contributed by atoms with Gasteiger partial charge in [-0.25, -0.2) is 0 Å². The van der Waals surface area contributed by atoms with Crippen LogP contribution < -0.4 is 6.15 Å². The normalized spacial score (nSPS) is 10.3. The zero-order valence-corrected chi connectivity index (χ0v) is 13.3. The molecule has 19 heavy (non-hydrogen) atoms. The third kappa shape index (κ3) is 6.24. The van der Waals surface area contributed by atoms with E-state index in [0.717, 1.165) is 0 Å². The average Bonchev–Trinajstić information content (AvgIpc) is 2.41. The van der Waals surface area contributed by atoms with Crippen molar-refractivity contribution in [3.63, 3.8) is 0 Å². The number of unbranched alkanes of at least 4 members (excludes halogenated alkanes) is 3. The third-order valence-corrected chi connectivity index (χ3v) is 3.75. The molecule has 110 valence electrons. The lowest BCUT2D eigenvalue weighted by atomic mass is 9.91. The van der Waals surface area contributed by atoms with Crippen LogP contribution in [0, 0.1) is 0 Å². The van der Waals surface area contributed by atoms with Crippen LogP contribution in [0.3, 0.4) is 0 Å². The summed E-state index contributed by atoms with van der Waals surface area (Å²) in [6, 6.07) is 6.98. The highest BCUT2D eigenvalue weighted by molar-refractivity contribution is 5.36. The summed E-state index contributed by atoms with van der Waals surface area (Å²) in [5, 5.41) is 0. The maximum Gasteiger partial charge on any atom is -0.0274 e. The largest absolute Gasteiger partial charge is 0.344 e. The van der Waals surface area contributed by atoms with E-state index < -0.39 is 0 Å². The van der Waals surface area contributed by atoms with Gasteiger partial charge in [0, 0.05) is 0 Å².